The molecule has 0 saturated heterocycles. The van der Waals surface area contributed by atoms with E-state index in [1.807, 2.05) is 0 Å². The van der Waals surface area contributed by atoms with Crippen LogP contribution in [0.25, 0.3) is 0 Å². The monoisotopic (exact) mass is 461 g/mol. The summed E-state index contributed by atoms with van der Waals surface area (Å²) in [6, 6.07) is 18.1. The van der Waals surface area contributed by atoms with E-state index in [-0.39, 0.29) is 24.6 Å². The quantitative estimate of drug-likeness (QED) is 0.440. The number of halogens is 2. The van der Waals surface area contributed by atoms with Crippen LogP contribution < -0.4 is 0 Å². The van der Waals surface area contributed by atoms with Crippen molar-refractivity contribution in [2.75, 3.05) is 6.61 Å². The van der Waals surface area contributed by atoms with Crippen molar-refractivity contribution in [3.8, 4) is 0 Å². The van der Waals surface area contributed by atoms with Crippen LogP contribution in [0.15, 0.2) is 77.7 Å². The van der Waals surface area contributed by atoms with Gasteiger partial charge in [-0.25, -0.2) is 17.6 Å². The molecule has 0 aliphatic heterocycles. The first kappa shape index (κ1) is 22.9. The third-order valence-electron chi connectivity index (χ3n) is 4.55. The molecule has 8 heteroatoms. The van der Waals surface area contributed by atoms with Crippen LogP contribution in [0.2, 0.25) is 5.02 Å². The molecule has 3 aromatic rings. The first-order valence-electron chi connectivity index (χ1n) is 9.56. The number of esters is 1. The number of sulfonamides is 1. The van der Waals surface area contributed by atoms with E-state index in [1.54, 1.807) is 43.3 Å². The zero-order chi connectivity index (χ0) is 22.4. The number of carbonyl (C=O) groups excluding carboxylic acids is 1. The summed E-state index contributed by atoms with van der Waals surface area (Å²) in [6.45, 7) is 2.10. The van der Waals surface area contributed by atoms with Crippen molar-refractivity contribution in [3.63, 3.8) is 0 Å². The number of rotatable bonds is 8. The van der Waals surface area contributed by atoms with Gasteiger partial charge >= 0.3 is 5.97 Å². The Morgan fingerprint density at radius 1 is 0.903 bits per heavy atom. The summed E-state index contributed by atoms with van der Waals surface area (Å²) in [6.07, 6.45) is 0. The van der Waals surface area contributed by atoms with Crippen molar-refractivity contribution in [1.29, 1.82) is 0 Å². The number of nitrogens with zero attached hydrogens (tertiary/aromatic N) is 1. The molecular weight excluding hydrogens is 441 g/mol. The molecule has 3 aromatic carbocycles. The molecule has 0 amide bonds. The summed E-state index contributed by atoms with van der Waals surface area (Å²) in [5, 5.41) is 0.429. The standard InChI is InChI=1S/C23H21ClFNO4S/c1-2-30-23(27)19-7-3-17(4-8-19)15-26(16-18-5-11-21(25)12-6-18)31(28,29)22-13-9-20(24)10-14-22/h3-14H,2,15-16H2,1H3. The average molecular weight is 462 g/mol. The Bertz CT molecular complexity index is 1130. The van der Waals surface area contributed by atoms with Gasteiger partial charge in [0.25, 0.3) is 0 Å². The molecule has 162 valence electrons. The molecule has 0 N–H and O–H groups in total. The Hall–Kier alpha value is -2.74. The normalized spacial score (nSPS) is 11.5. The van der Waals surface area contributed by atoms with Gasteiger partial charge in [-0.1, -0.05) is 35.9 Å². The minimum absolute atomic E-state index is 0.0465. The summed E-state index contributed by atoms with van der Waals surface area (Å²) in [5.74, 6) is -0.837. The Balaban J connectivity index is 1.90. The van der Waals surface area contributed by atoms with Crippen molar-refractivity contribution in [1.82, 2.24) is 4.31 Å². The topological polar surface area (TPSA) is 63.7 Å². The third kappa shape index (κ3) is 5.91. The maximum atomic E-state index is 13.3. The molecule has 3 rings (SSSR count). The van der Waals surface area contributed by atoms with Crippen molar-refractivity contribution in [2.24, 2.45) is 0 Å². The van der Waals surface area contributed by atoms with Gasteiger partial charge in [0.1, 0.15) is 5.82 Å². The zero-order valence-electron chi connectivity index (χ0n) is 16.8. The van der Waals surface area contributed by atoms with Crippen LogP contribution in [0.5, 0.6) is 0 Å². The van der Waals surface area contributed by atoms with E-state index in [2.05, 4.69) is 0 Å². The molecule has 0 aromatic heterocycles. The van der Waals surface area contributed by atoms with Crippen LogP contribution >= 0.6 is 11.6 Å². The highest BCUT2D eigenvalue weighted by atomic mass is 35.5. The van der Waals surface area contributed by atoms with E-state index in [1.165, 1.54) is 40.7 Å². The Morgan fingerprint density at radius 3 is 1.94 bits per heavy atom. The molecule has 0 saturated carbocycles. The van der Waals surface area contributed by atoms with Gasteiger partial charge in [0.2, 0.25) is 10.0 Å². The molecule has 0 spiro atoms. The van der Waals surface area contributed by atoms with Crippen LogP contribution in [-0.2, 0) is 27.8 Å². The lowest BCUT2D eigenvalue weighted by molar-refractivity contribution is 0.0526. The number of hydrogen-bond donors (Lipinski definition) is 0. The number of hydrogen-bond acceptors (Lipinski definition) is 4. The summed E-state index contributed by atoms with van der Waals surface area (Å²) in [7, 11) is -3.87. The molecule has 0 heterocycles. The predicted octanol–water partition coefficient (Wildman–Crippen LogP) is 5.05. The molecule has 0 aliphatic rings. The van der Waals surface area contributed by atoms with Crippen LogP contribution in [0.4, 0.5) is 4.39 Å². The molecule has 0 bridgehead atoms. The van der Waals surface area contributed by atoms with E-state index in [0.717, 1.165) is 0 Å². The van der Waals surface area contributed by atoms with Gasteiger partial charge in [-0.05, 0) is 66.6 Å². The van der Waals surface area contributed by atoms with Gasteiger partial charge in [0, 0.05) is 18.1 Å². The first-order chi connectivity index (χ1) is 14.8. The smallest absolute Gasteiger partial charge is 0.338 e. The molecule has 5 nitrogen and oxygen atoms in total. The molecule has 0 unspecified atom stereocenters. The number of ether oxygens (including phenoxy) is 1. The van der Waals surface area contributed by atoms with Gasteiger partial charge in [0.05, 0.1) is 17.1 Å². The van der Waals surface area contributed by atoms with Crippen LogP contribution in [0.3, 0.4) is 0 Å². The van der Waals surface area contributed by atoms with Crippen LogP contribution in [-0.4, -0.2) is 25.3 Å². The van der Waals surface area contributed by atoms with E-state index >= 15 is 0 Å². The lowest BCUT2D eigenvalue weighted by Crippen LogP contribution is -2.30. The lowest BCUT2D eigenvalue weighted by Gasteiger charge is -2.23. The second kappa shape index (κ2) is 10.0. The minimum Gasteiger partial charge on any atom is -0.462 e. The highest BCUT2D eigenvalue weighted by Gasteiger charge is 2.25. The average Bonchev–Trinajstić information content (AvgIpc) is 2.76. The second-order valence-corrected chi connectivity index (χ2v) is 9.15. The number of carbonyl (C=O) groups is 1. The van der Waals surface area contributed by atoms with Crippen LogP contribution in [0.1, 0.15) is 28.4 Å². The number of benzene rings is 3. The Labute approximate surface area is 186 Å². The van der Waals surface area contributed by atoms with E-state index < -0.39 is 21.8 Å². The fourth-order valence-electron chi connectivity index (χ4n) is 2.94. The highest BCUT2D eigenvalue weighted by molar-refractivity contribution is 7.89. The lowest BCUT2D eigenvalue weighted by atomic mass is 10.1. The van der Waals surface area contributed by atoms with E-state index in [0.29, 0.717) is 21.7 Å². The van der Waals surface area contributed by atoms with Crippen molar-refractivity contribution >= 4 is 27.6 Å². The fraction of sp³-hybridized carbons (Fsp3) is 0.174. The summed E-state index contributed by atoms with van der Waals surface area (Å²) >= 11 is 5.90. The predicted molar refractivity (Wildman–Crippen MR) is 117 cm³/mol. The van der Waals surface area contributed by atoms with E-state index in [9.17, 15) is 17.6 Å². The molecule has 0 fully saturated rings. The maximum absolute atomic E-state index is 13.3. The SMILES string of the molecule is CCOC(=O)c1ccc(CN(Cc2ccc(F)cc2)S(=O)(=O)c2ccc(Cl)cc2)cc1. The Morgan fingerprint density at radius 2 is 1.42 bits per heavy atom. The van der Waals surface area contributed by atoms with Gasteiger partial charge < -0.3 is 4.74 Å². The molecular formula is C23H21ClFNO4S. The molecule has 31 heavy (non-hydrogen) atoms. The first-order valence-corrected chi connectivity index (χ1v) is 11.4. The minimum atomic E-state index is -3.87. The van der Waals surface area contributed by atoms with Crippen molar-refractivity contribution in [2.45, 2.75) is 24.9 Å². The van der Waals surface area contributed by atoms with Crippen molar-refractivity contribution in [3.05, 3.63) is 100 Å². The third-order valence-corrected chi connectivity index (χ3v) is 6.61. The Kier molecular flexibility index (Phi) is 7.43. The van der Waals surface area contributed by atoms with E-state index in [4.69, 9.17) is 16.3 Å². The summed E-state index contributed by atoms with van der Waals surface area (Å²) in [5.41, 5.74) is 1.71. The van der Waals surface area contributed by atoms with Gasteiger partial charge in [-0.3, -0.25) is 0 Å². The largest absolute Gasteiger partial charge is 0.462 e. The molecule has 0 atom stereocenters. The zero-order valence-corrected chi connectivity index (χ0v) is 18.4. The molecule has 0 aliphatic carbocycles. The maximum Gasteiger partial charge on any atom is 0.338 e. The second-order valence-electron chi connectivity index (χ2n) is 6.77. The van der Waals surface area contributed by atoms with Gasteiger partial charge in [-0.2, -0.15) is 4.31 Å². The molecule has 0 radical (unpaired) electrons. The van der Waals surface area contributed by atoms with Gasteiger partial charge in [0.15, 0.2) is 0 Å². The van der Waals surface area contributed by atoms with Crippen molar-refractivity contribution < 1.29 is 22.3 Å². The van der Waals surface area contributed by atoms with Crippen LogP contribution in [0, 0.1) is 5.82 Å². The van der Waals surface area contributed by atoms with Gasteiger partial charge in [-0.15, -0.1) is 0 Å². The summed E-state index contributed by atoms with van der Waals surface area (Å²) < 4.78 is 46.2. The fourth-order valence-corrected chi connectivity index (χ4v) is 4.48. The highest BCUT2D eigenvalue weighted by Crippen LogP contribution is 2.23. The summed E-state index contributed by atoms with van der Waals surface area (Å²) in [4.78, 5) is 11.9.